The molecule has 12 N–H and O–H groups in total. The highest BCUT2D eigenvalue weighted by atomic mass is 32.2. The summed E-state index contributed by atoms with van der Waals surface area (Å²) in [6.45, 7) is 0.601. The quantitative estimate of drug-likeness (QED) is 0.0533. The summed E-state index contributed by atoms with van der Waals surface area (Å²) < 4.78 is 0. The number of hydrogen-bond donors (Lipinski definition) is 8. The molecule has 40 heavy (non-hydrogen) atoms. The number of carbonyl (C=O) groups is 4. The Bertz CT molecular complexity index is 962. The number of aliphatic carboxylic acids is 1. The van der Waals surface area contributed by atoms with E-state index >= 15 is 0 Å². The largest absolute Gasteiger partial charge is 0.480 e. The highest BCUT2D eigenvalue weighted by Gasteiger charge is 2.30. The van der Waals surface area contributed by atoms with Gasteiger partial charge in [0.05, 0.1) is 6.04 Å². The van der Waals surface area contributed by atoms with Gasteiger partial charge in [-0.3, -0.25) is 19.4 Å². The Balaban J connectivity index is 3.05. The van der Waals surface area contributed by atoms with E-state index in [2.05, 4.69) is 20.9 Å². The highest BCUT2D eigenvalue weighted by molar-refractivity contribution is 7.98. The molecule has 0 radical (unpaired) electrons. The van der Waals surface area contributed by atoms with Crippen LogP contribution in [0.25, 0.3) is 0 Å². The Morgan fingerprint density at radius 1 is 0.875 bits per heavy atom. The van der Waals surface area contributed by atoms with Gasteiger partial charge in [-0.1, -0.05) is 30.3 Å². The summed E-state index contributed by atoms with van der Waals surface area (Å²) in [4.78, 5) is 54.9. The third-order valence-corrected chi connectivity index (χ3v) is 6.67. The number of nitrogens with one attached hydrogen (secondary N) is 3. The van der Waals surface area contributed by atoms with E-state index in [0.29, 0.717) is 38.0 Å². The average Bonchev–Trinajstić information content (AvgIpc) is 2.92. The van der Waals surface area contributed by atoms with Crippen LogP contribution in [0.4, 0.5) is 0 Å². The molecule has 0 aromatic heterocycles. The van der Waals surface area contributed by atoms with Gasteiger partial charge in [0.1, 0.15) is 18.1 Å². The molecule has 0 spiro atoms. The molecule has 3 amide bonds. The standard InChI is InChI=1S/C26H44N8O5S/c1-40-15-12-18(28)22(35)34-21(16-17-8-3-2-4-9-17)24(37)32-19(10-5-6-13-27)23(36)33-20(25(38)39)11-7-14-31-26(29)30/h2-4,8-9,18-21H,5-7,10-16,27-28H2,1H3,(H,32,37)(H,33,36)(H,34,35)(H,38,39)(H4,29,30,31). The number of aliphatic imine (C=N–C) groups is 1. The number of hydrogen-bond acceptors (Lipinski definition) is 8. The predicted octanol–water partition coefficient (Wildman–Crippen LogP) is -0.969. The van der Waals surface area contributed by atoms with Crippen LogP contribution in [0, 0.1) is 0 Å². The van der Waals surface area contributed by atoms with Crippen LogP contribution in [-0.4, -0.2) is 84.0 Å². The fourth-order valence-electron chi connectivity index (χ4n) is 3.78. The number of carbonyl (C=O) groups excluding carboxylic acids is 3. The first-order chi connectivity index (χ1) is 19.1. The summed E-state index contributed by atoms with van der Waals surface area (Å²) in [5, 5.41) is 17.5. The lowest BCUT2D eigenvalue weighted by atomic mass is 10.0. The van der Waals surface area contributed by atoms with Crippen molar-refractivity contribution in [1.82, 2.24) is 16.0 Å². The first-order valence-corrected chi connectivity index (χ1v) is 14.7. The molecule has 0 bridgehead atoms. The average molecular weight is 581 g/mol. The molecule has 4 atom stereocenters. The molecule has 1 rings (SSSR count). The zero-order valence-electron chi connectivity index (χ0n) is 23.0. The normalized spacial score (nSPS) is 13.8. The van der Waals surface area contributed by atoms with Crippen LogP contribution in [-0.2, 0) is 25.6 Å². The van der Waals surface area contributed by atoms with E-state index in [1.807, 2.05) is 36.6 Å². The first-order valence-electron chi connectivity index (χ1n) is 13.3. The number of carboxylic acid groups (broad SMARTS) is 1. The van der Waals surface area contributed by atoms with E-state index in [0.717, 1.165) is 5.56 Å². The fraction of sp³-hybridized carbons (Fsp3) is 0.577. The molecule has 13 nitrogen and oxygen atoms in total. The van der Waals surface area contributed by atoms with Gasteiger partial charge in [0.2, 0.25) is 17.7 Å². The summed E-state index contributed by atoms with van der Waals surface area (Å²) in [6.07, 6.45) is 4.29. The van der Waals surface area contributed by atoms with Crippen LogP contribution >= 0.6 is 11.8 Å². The number of benzene rings is 1. The molecule has 0 aliphatic heterocycles. The summed E-state index contributed by atoms with van der Waals surface area (Å²) in [7, 11) is 0. The third kappa shape index (κ3) is 14.1. The van der Waals surface area contributed by atoms with Crippen molar-refractivity contribution in [3.63, 3.8) is 0 Å². The van der Waals surface area contributed by atoms with Gasteiger partial charge in [0.15, 0.2) is 5.96 Å². The lowest BCUT2D eigenvalue weighted by Gasteiger charge is -2.25. The number of nitrogens with two attached hydrogens (primary N) is 4. The van der Waals surface area contributed by atoms with Crippen molar-refractivity contribution < 1.29 is 24.3 Å². The summed E-state index contributed by atoms with van der Waals surface area (Å²) in [5.74, 6) is -2.35. The van der Waals surface area contributed by atoms with Crippen molar-refractivity contribution in [1.29, 1.82) is 0 Å². The Labute approximate surface area is 239 Å². The van der Waals surface area contributed by atoms with E-state index < -0.39 is 47.9 Å². The second-order valence-electron chi connectivity index (χ2n) is 9.33. The predicted molar refractivity (Wildman–Crippen MR) is 157 cm³/mol. The number of nitrogens with zero attached hydrogens (tertiary/aromatic N) is 1. The van der Waals surface area contributed by atoms with Crippen molar-refractivity contribution in [3.8, 4) is 0 Å². The van der Waals surface area contributed by atoms with Crippen LogP contribution in [0.1, 0.15) is 44.1 Å². The van der Waals surface area contributed by atoms with Crippen molar-refractivity contribution in [2.75, 3.05) is 25.1 Å². The Hall–Kier alpha value is -3.36. The summed E-state index contributed by atoms with van der Waals surface area (Å²) in [5.41, 5.74) is 23.0. The minimum atomic E-state index is -1.22. The highest BCUT2D eigenvalue weighted by Crippen LogP contribution is 2.08. The van der Waals surface area contributed by atoms with E-state index in [-0.39, 0.29) is 31.8 Å². The zero-order valence-corrected chi connectivity index (χ0v) is 23.8. The van der Waals surface area contributed by atoms with Crippen molar-refractivity contribution in [3.05, 3.63) is 35.9 Å². The molecule has 0 heterocycles. The van der Waals surface area contributed by atoms with Gasteiger partial charge in [0, 0.05) is 13.0 Å². The van der Waals surface area contributed by atoms with Gasteiger partial charge < -0.3 is 44.0 Å². The molecule has 4 unspecified atom stereocenters. The van der Waals surface area contributed by atoms with Gasteiger partial charge in [-0.15, -0.1) is 0 Å². The topological polar surface area (TPSA) is 241 Å². The molecule has 14 heteroatoms. The van der Waals surface area contributed by atoms with Crippen LogP contribution < -0.4 is 38.9 Å². The molecule has 0 saturated heterocycles. The Kier molecular flexibility index (Phi) is 17.0. The molecule has 0 fully saturated rings. The molecule has 1 aromatic carbocycles. The Morgan fingerprint density at radius 2 is 1.48 bits per heavy atom. The van der Waals surface area contributed by atoms with Crippen molar-refractivity contribution in [2.24, 2.45) is 27.9 Å². The molecule has 224 valence electrons. The van der Waals surface area contributed by atoms with E-state index in [1.165, 1.54) is 0 Å². The maximum absolute atomic E-state index is 13.4. The van der Waals surface area contributed by atoms with Crippen LogP contribution in [0.3, 0.4) is 0 Å². The van der Waals surface area contributed by atoms with E-state index in [1.54, 1.807) is 11.8 Å². The maximum Gasteiger partial charge on any atom is 0.326 e. The molecule has 1 aromatic rings. The maximum atomic E-state index is 13.4. The minimum Gasteiger partial charge on any atom is -0.480 e. The minimum absolute atomic E-state index is 0.0853. The van der Waals surface area contributed by atoms with E-state index in [9.17, 15) is 24.3 Å². The molecule has 0 saturated carbocycles. The first kappa shape index (κ1) is 34.7. The number of thioether (sulfide) groups is 1. The van der Waals surface area contributed by atoms with Crippen molar-refractivity contribution in [2.45, 2.75) is 69.1 Å². The second kappa shape index (κ2) is 19.7. The van der Waals surface area contributed by atoms with Gasteiger partial charge in [-0.05, 0) is 62.6 Å². The van der Waals surface area contributed by atoms with E-state index in [4.69, 9.17) is 22.9 Å². The molecule has 0 aliphatic carbocycles. The summed E-state index contributed by atoms with van der Waals surface area (Å²) in [6, 6.07) is 5.08. The lowest BCUT2D eigenvalue weighted by molar-refractivity contribution is -0.142. The SMILES string of the molecule is CSCCC(N)C(=O)NC(Cc1ccccc1)C(=O)NC(CCCCN)C(=O)NC(CCCN=C(N)N)C(=O)O. The number of guanidine groups is 1. The van der Waals surface area contributed by atoms with Crippen LogP contribution in [0.5, 0.6) is 0 Å². The molecular formula is C26H44N8O5S. The van der Waals surface area contributed by atoms with Gasteiger partial charge in [0.25, 0.3) is 0 Å². The molecular weight excluding hydrogens is 536 g/mol. The smallest absolute Gasteiger partial charge is 0.326 e. The second-order valence-corrected chi connectivity index (χ2v) is 10.3. The summed E-state index contributed by atoms with van der Waals surface area (Å²) >= 11 is 1.56. The fourth-order valence-corrected chi connectivity index (χ4v) is 4.27. The third-order valence-electron chi connectivity index (χ3n) is 6.03. The van der Waals surface area contributed by atoms with Crippen LogP contribution in [0.15, 0.2) is 35.3 Å². The van der Waals surface area contributed by atoms with Crippen LogP contribution in [0.2, 0.25) is 0 Å². The van der Waals surface area contributed by atoms with Gasteiger partial charge in [-0.25, -0.2) is 4.79 Å². The zero-order chi connectivity index (χ0) is 29.9. The van der Waals surface area contributed by atoms with Crippen molar-refractivity contribution >= 4 is 41.4 Å². The molecule has 0 aliphatic rings. The number of unbranched alkanes of at least 4 members (excludes halogenated alkanes) is 1. The van der Waals surface area contributed by atoms with Gasteiger partial charge >= 0.3 is 5.97 Å². The number of amides is 3. The lowest BCUT2D eigenvalue weighted by Crippen LogP contribution is -2.57. The Morgan fingerprint density at radius 3 is 2.08 bits per heavy atom. The monoisotopic (exact) mass is 580 g/mol. The van der Waals surface area contributed by atoms with Gasteiger partial charge in [-0.2, -0.15) is 11.8 Å². The number of carboxylic acids is 1. The number of rotatable bonds is 20.